The molecule has 0 aliphatic rings. The van der Waals surface area contributed by atoms with E-state index in [0.717, 1.165) is 17.7 Å². The molecule has 1 heterocycles. The molecule has 3 aromatic carbocycles. The van der Waals surface area contributed by atoms with E-state index in [1.165, 1.54) is 42.5 Å². The minimum Gasteiger partial charge on any atom is -0.277 e. The smallest absolute Gasteiger partial charge is 0.277 e. The van der Waals surface area contributed by atoms with Crippen molar-refractivity contribution in [3.63, 3.8) is 0 Å². The summed E-state index contributed by atoms with van der Waals surface area (Å²) in [7, 11) is 0. The molecule has 0 fully saturated rings. The SMILES string of the molecule is Fc1cc(F)cc(Cc2ccc3n[nH]c(/C=C/c4ccccc4C(F)(F)F)c3c2)c1. The average molecular weight is 414 g/mol. The van der Waals surface area contributed by atoms with Gasteiger partial charge in [0.2, 0.25) is 0 Å². The fourth-order valence-corrected chi connectivity index (χ4v) is 3.34. The van der Waals surface area contributed by atoms with Gasteiger partial charge in [-0.2, -0.15) is 18.3 Å². The highest BCUT2D eigenvalue weighted by molar-refractivity contribution is 5.90. The summed E-state index contributed by atoms with van der Waals surface area (Å²) >= 11 is 0. The molecule has 0 radical (unpaired) electrons. The fourth-order valence-electron chi connectivity index (χ4n) is 3.34. The van der Waals surface area contributed by atoms with Crippen molar-refractivity contribution in [3.8, 4) is 0 Å². The number of aromatic nitrogens is 2. The first-order valence-electron chi connectivity index (χ1n) is 9.06. The van der Waals surface area contributed by atoms with Gasteiger partial charge in [0.25, 0.3) is 0 Å². The first-order chi connectivity index (χ1) is 14.3. The van der Waals surface area contributed by atoms with Crippen molar-refractivity contribution < 1.29 is 22.0 Å². The summed E-state index contributed by atoms with van der Waals surface area (Å²) in [6.45, 7) is 0. The van der Waals surface area contributed by atoms with Gasteiger partial charge < -0.3 is 0 Å². The van der Waals surface area contributed by atoms with E-state index in [1.54, 1.807) is 18.2 Å². The summed E-state index contributed by atoms with van der Waals surface area (Å²) in [4.78, 5) is 0. The molecule has 0 aliphatic carbocycles. The van der Waals surface area contributed by atoms with E-state index in [9.17, 15) is 22.0 Å². The molecule has 0 aliphatic heterocycles. The van der Waals surface area contributed by atoms with Crippen LogP contribution in [-0.2, 0) is 12.6 Å². The third kappa shape index (κ3) is 4.25. The maximum Gasteiger partial charge on any atom is 0.416 e. The lowest BCUT2D eigenvalue weighted by atomic mass is 10.0. The minimum atomic E-state index is -4.45. The number of benzene rings is 3. The number of hydrogen-bond donors (Lipinski definition) is 1. The topological polar surface area (TPSA) is 28.7 Å². The van der Waals surface area contributed by atoms with Gasteiger partial charge in [0.05, 0.1) is 16.8 Å². The van der Waals surface area contributed by atoms with Crippen molar-refractivity contribution in [2.45, 2.75) is 12.6 Å². The Balaban J connectivity index is 1.66. The number of fused-ring (bicyclic) bond motifs is 1. The van der Waals surface area contributed by atoms with Gasteiger partial charge >= 0.3 is 6.18 Å². The average Bonchev–Trinajstić information content (AvgIpc) is 3.07. The summed E-state index contributed by atoms with van der Waals surface area (Å²) in [6, 6.07) is 14.0. The zero-order valence-corrected chi connectivity index (χ0v) is 15.5. The van der Waals surface area contributed by atoms with Gasteiger partial charge in [0, 0.05) is 11.5 Å². The summed E-state index contributed by atoms with van der Waals surface area (Å²) in [6.07, 6.45) is -1.24. The van der Waals surface area contributed by atoms with Gasteiger partial charge in [-0.25, -0.2) is 8.78 Å². The highest BCUT2D eigenvalue weighted by Crippen LogP contribution is 2.33. The van der Waals surface area contributed by atoms with Crippen LogP contribution in [0.25, 0.3) is 23.1 Å². The van der Waals surface area contributed by atoms with Gasteiger partial charge in [0.15, 0.2) is 0 Å². The van der Waals surface area contributed by atoms with Crippen molar-refractivity contribution >= 4 is 23.1 Å². The molecule has 4 rings (SSSR count). The van der Waals surface area contributed by atoms with Crippen LogP contribution in [0, 0.1) is 11.6 Å². The largest absolute Gasteiger partial charge is 0.416 e. The van der Waals surface area contributed by atoms with Gasteiger partial charge in [-0.05, 0) is 59.5 Å². The van der Waals surface area contributed by atoms with E-state index >= 15 is 0 Å². The van der Waals surface area contributed by atoms with Crippen LogP contribution in [0.2, 0.25) is 0 Å². The van der Waals surface area contributed by atoms with E-state index in [2.05, 4.69) is 10.2 Å². The van der Waals surface area contributed by atoms with Crippen molar-refractivity contribution in [2.24, 2.45) is 0 Å². The molecule has 1 aromatic heterocycles. The molecule has 7 heteroatoms. The Hall–Kier alpha value is -3.48. The lowest BCUT2D eigenvalue weighted by Gasteiger charge is -2.09. The summed E-state index contributed by atoms with van der Waals surface area (Å²) in [5, 5.41) is 7.67. The first kappa shape index (κ1) is 19.8. The Morgan fingerprint density at radius 3 is 2.30 bits per heavy atom. The normalized spacial score (nSPS) is 12.2. The monoisotopic (exact) mass is 414 g/mol. The Kier molecular flexibility index (Phi) is 5.11. The molecule has 2 nitrogen and oxygen atoms in total. The van der Waals surface area contributed by atoms with Crippen molar-refractivity contribution in [1.82, 2.24) is 10.2 Å². The molecular formula is C23H15F5N2. The molecule has 0 saturated carbocycles. The van der Waals surface area contributed by atoms with Crippen molar-refractivity contribution in [3.05, 3.63) is 100 Å². The predicted octanol–water partition coefficient (Wildman–Crippen LogP) is 6.62. The molecule has 0 saturated heterocycles. The van der Waals surface area contributed by atoms with E-state index < -0.39 is 23.4 Å². The van der Waals surface area contributed by atoms with E-state index in [-0.39, 0.29) is 5.56 Å². The van der Waals surface area contributed by atoms with Gasteiger partial charge in [-0.1, -0.05) is 30.3 Å². The van der Waals surface area contributed by atoms with E-state index in [1.807, 2.05) is 0 Å². The Bertz CT molecular complexity index is 1220. The highest BCUT2D eigenvalue weighted by Gasteiger charge is 2.32. The summed E-state index contributed by atoms with van der Waals surface area (Å²) < 4.78 is 66.4. The third-order valence-corrected chi connectivity index (χ3v) is 4.67. The number of rotatable bonds is 4. The Morgan fingerprint density at radius 2 is 1.57 bits per heavy atom. The fraction of sp³-hybridized carbons (Fsp3) is 0.0870. The number of alkyl halides is 3. The van der Waals surface area contributed by atoms with E-state index in [4.69, 9.17) is 0 Å². The van der Waals surface area contributed by atoms with Gasteiger partial charge in [0.1, 0.15) is 11.6 Å². The quantitative estimate of drug-likeness (QED) is 0.374. The third-order valence-electron chi connectivity index (χ3n) is 4.67. The summed E-state index contributed by atoms with van der Waals surface area (Å²) in [5.74, 6) is -1.30. The van der Waals surface area contributed by atoms with Crippen LogP contribution >= 0.6 is 0 Å². The standard InChI is InChI=1S/C23H15F5N2/c24-17-10-15(11-18(25)13-17)9-14-5-7-21-19(12-14)22(30-29-21)8-6-16-3-1-2-4-20(16)23(26,27)28/h1-8,10-13H,9H2,(H,29,30)/b8-6+. The molecule has 0 spiro atoms. The summed E-state index contributed by atoms with van der Waals surface area (Å²) in [5.41, 5.74) is 1.76. The zero-order chi connectivity index (χ0) is 21.3. The van der Waals surface area contributed by atoms with Crippen LogP contribution in [0.5, 0.6) is 0 Å². The number of H-pyrrole nitrogens is 1. The Morgan fingerprint density at radius 1 is 0.833 bits per heavy atom. The number of nitrogens with one attached hydrogen (secondary N) is 1. The van der Waals surface area contributed by atoms with Crippen molar-refractivity contribution in [1.29, 1.82) is 0 Å². The zero-order valence-electron chi connectivity index (χ0n) is 15.5. The van der Waals surface area contributed by atoms with Crippen LogP contribution in [-0.4, -0.2) is 10.2 Å². The molecule has 0 bridgehead atoms. The number of hydrogen-bond acceptors (Lipinski definition) is 1. The molecule has 0 unspecified atom stereocenters. The lowest BCUT2D eigenvalue weighted by Crippen LogP contribution is -2.06. The van der Waals surface area contributed by atoms with Crippen LogP contribution < -0.4 is 0 Å². The first-order valence-corrected chi connectivity index (χ1v) is 9.06. The Labute approximate surface area is 168 Å². The van der Waals surface area contributed by atoms with Crippen LogP contribution in [0.1, 0.15) is 27.9 Å². The maximum absolute atomic E-state index is 13.4. The van der Waals surface area contributed by atoms with Gasteiger partial charge in [-0.15, -0.1) is 0 Å². The van der Waals surface area contributed by atoms with Crippen LogP contribution in [0.15, 0.2) is 60.7 Å². The molecule has 0 atom stereocenters. The second-order valence-corrected chi connectivity index (χ2v) is 6.86. The molecular weight excluding hydrogens is 399 g/mol. The van der Waals surface area contributed by atoms with Crippen LogP contribution in [0.4, 0.5) is 22.0 Å². The predicted molar refractivity (Wildman–Crippen MR) is 106 cm³/mol. The molecule has 152 valence electrons. The second-order valence-electron chi connectivity index (χ2n) is 6.86. The van der Waals surface area contributed by atoms with Gasteiger partial charge in [-0.3, -0.25) is 5.10 Å². The number of aromatic amines is 1. The van der Waals surface area contributed by atoms with E-state index in [0.29, 0.717) is 28.6 Å². The highest BCUT2D eigenvalue weighted by atomic mass is 19.4. The molecule has 0 amide bonds. The lowest BCUT2D eigenvalue weighted by molar-refractivity contribution is -0.137. The number of nitrogens with zero attached hydrogens (tertiary/aromatic N) is 1. The minimum absolute atomic E-state index is 0.0409. The molecule has 4 aromatic rings. The molecule has 1 N–H and O–H groups in total. The van der Waals surface area contributed by atoms with Crippen LogP contribution in [0.3, 0.4) is 0 Å². The number of halogens is 5. The molecule has 30 heavy (non-hydrogen) atoms. The second kappa shape index (κ2) is 7.74. The maximum atomic E-state index is 13.4. The van der Waals surface area contributed by atoms with Crippen molar-refractivity contribution in [2.75, 3.05) is 0 Å².